The number of rotatable bonds is 3. The van der Waals surface area contributed by atoms with Crippen LogP contribution in [0.15, 0.2) is 104 Å². The van der Waals surface area contributed by atoms with Gasteiger partial charge in [0.25, 0.3) is 0 Å². The van der Waals surface area contributed by atoms with Crippen molar-refractivity contribution in [3.8, 4) is 0 Å². The highest BCUT2D eigenvalue weighted by Gasteiger charge is 2.12. The Morgan fingerprint density at radius 3 is 1.79 bits per heavy atom. The minimum absolute atomic E-state index is 1.21. The molecule has 0 bridgehead atoms. The second kappa shape index (κ2) is 6.17. The van der Waals surface area contributed by atoms with Gasteiger partial charge in [-0.1, -0.05) is 97.6 Å². The zero-order chi connectivity index (χ0) is 16.4. The molecule has 4 aromatic carbocycles. The molecule has 0 saturated heterocycles. The summed E-state index contributed by atoms with van der Waals surface area (Å²) in [5.41, 5.74) is 3.69. The van der Waals surface area contributed by atoms with E-state index in [-0.39, 0.29) is 0 Å². The molecule has 0 aliphatic carbocycles. The van der Waals surface area contributed by atoms with Crippen molar-refractivity contribution < 1.29 is 0 Å². The van der Waals surface area contributed by atoms with E-state index in [9.17, 15) is 0 Å². The third kappa shape index (κ3) is 2.43. The van der Waals surface area contributed by atoms with Gasteiger partial charge in [-0.05, 0) is 44.3 Å². The lowest BCUT2D eigenvalue weighted by Crippen LogP contribution is -1.92. The Kier molecular flexibility index (Phi) is 3.72. The number of allylic oxidation sites excluding steroid dienone is 2. The summed E-state index contributed by atoms with van der Waals surface area (Å²) >= 11 is 0. The van der Waals surface area contributed by atoms with E-state index in [0.29, 0.717) is 0 Å². The Hall–Kier alpha value is -3.12. The van der Waals surface area contributed by atoms with Crippen LogP contribution in [0.3, 0.4) is 0 Å². The van der Waals surface area contributed by atoms with E-state index in [1.807, 2.05) is 6.08 Å². The van der Waals surface area contributed by atoms with Gasteiger partial charge in [0.2, 0.25) is 0 Å². The van der Waals surface area contributed by atoms with Crippen LogP contribution in [0.1, 0.15) is 11.1 Å². The zero-order valence-electron chi connectivity index (χ0n) is 13.4. The molecule has 4 aromatic rings. The molecule has 4 rings (SSSR count). The van der Waals surface area contributed by atoms with Gasteiger partial charge in [0.15, 0.2) is 0 Å². The average Bonchev–Trinajstić information content (AvgIpc) is 2.65. The summed E-state index contributed by atoms with van der Waals surface area (Å²) < 4.78 is 0. The number of benzene rings is 4. The van der Waals surface area contributed by atoms with Crippen molar-refractivity contribution in [2.45, 2.75) is 0 Å². The molecular weight excluding hydrogens is 288 g/mol. The normalized spacial score (nSPS) is 11.8. The van der Waals surface area contributed by atoms with E-state index >= 15 is 0 Å². The third-order valence-corrected chi connectivity index (χ3v) is 4.41. The molecule has 0 nitrogen and oxygen atoms in total. The Bertz CT molecular complexity index is 999. The highest BCUT2D eigenvalue weighted by Crippen LogP contribution is 2.36. The molecule has 0 unspecified atom stereocenters. The van der Waals surface area contributed by atoms with Crippen LogP contribution < -0.4 is 0 Å². The second-order valence-corrected chi connectivity index (χ2v) is 5.88. The van der Waals surface area contributed by atoms with E-state index in [1.54, 1.807) is 0 Å². The van der Waals surface area contributed by atoms with Crippen LogP contribution in [-0.4, -0.2) is 0 Å². The second-order valence-electron chi connectivity index (χ2n) is 5.88. The summed E-state index contributed by atoms with van der Waals surface area (Å²) in [6, 6.07) is 30.0. The quantitative estimate of drug-likeness (QED) is 0.295. The molecule has 0 fully saturated rings. The van der Waals surface area contributed by atoms with Gasteiger partial charge in [0, 0.05) is 0 Å². The molecule has 114 valence electrons. The molecule has 0 aromatic heterocycles. The minimum Gasteiger partial charge on any atom is -0.0990 e. The molecule has 0 atom stereocenters. The van der Waals surface area contributed by atoms with E-state index in [4.69, 9.17) is 0 Å². The largest absolute Gasteiger partial charge is 0.0990 e. The summed E-state index contributed by atoms with van der Waals surface area (Å²) in [6.07, 6.45) is 3.99. The SMILES string of the molecule is C=CC=C(c1ccccc1)c1c2ccccc2cc2ccccc12. The minimum atomic E-state index is 1.21. The summed E-state index contributed by atoms with van der Waals surface area (Å²) in [6.45, 7) is 3.94. The van der Waals surface area contributed by atoms with Gasteiger partial charge in [-0.3, -0.25) is 0 Å². The molecule has 0 amide bonds. The van der Waals surface area contributed by atoms with Gasteiger partial charge in [-0.15, -0.1) is 0 Å². The van der Waals surface area contributed by atoms with Gasteiger partial charge >= 0.3 is 0 Å². The first-order valence-electron chi connectivity index (χ1n) is 8.17. The molecular formula is C24H18. The first kappa shape index (κ1) is 14.5. The maximum Gasteiger partial charge on any atom is -0.00208 e. The molecule has 0 aliphatic rings. The van der Waals surface area contributed by atoms with Crippen molar-refractivity contribution in [1.29, 1.82) is 0 Å². The predicted molar refractivity (Wildman–Crippen MR) is 105 cm³/mol. The lowest BCUT2D eigenvalue weighted by Gasteiger charge is -2.15. The topological polar surface area (TPSA) is 0 Å². The fourth-order valence-corrected chi connectivity index (χ4v) is 3.36. The van der Waals surface area contributed by atoms with Gasteiger partial charge in [0.05, 0.1) is 0 Å². The van der Waals surface area contributed by atoms with Gasteiger partial charge in [0.1, 0.15) is 0 Å². The molecule has 0 heteroatoms. The summed E-state index contributed by atoms with van der Waals surface area (Å²) in [5, 5.41) is 5.07. The molecule has 0 radical (unpaired) electrons. The standard InChI is InChI=1S/C24H18/c1-2-10-21(18-11-4-3-5-12-18)24-22-15-8-6-13-19(22)17-20-14-7-9-16-23(20)24/h2-17H,1H2. The van der Waals surface area contributed by atoms with Gasteiger partial charge in [-0.25, -0.2) is 0 Å². The van der Waals surface area contributed by atoms with Crippen molar-refractivity contribution >= 4 is 27.1 Å². The van der Waals surface area contributed by atoms with E-state index in [1.165, 1.54) is 38.2 Å². The van der Waals surface area contributed by atoms with Crippen LogP contribution in [0.25, 0.3) is 27.1 Å². The zero-order valence-corrected chi connectivity index (χ0v) is 13.4. The maximum absolute atomic E-state index is 3.94. The predicted octanol–water partition coefficient (Wildman–Crippen LogP) is 6.61. The lowest BCUT2D eigenvalue weighted by molar-refractivity contribution is 1.59. The van der Waals surface area contributed by atoms with Crippen LogP contribution in [0.4, 0.5) is 0 Å². The average molecular weight is 306 g/mol. The Morgan fingerprint density at radius 1 is 0.667 bits per heavy atom. The summed E-state index contributed by atoms with van der Waals surface area (Å²) in [5.74, 6) is 0. The first-order chi connectivity index (χ1) is 11.9. The molecule has 0 aliphatic heterocycles. The van der Waals surface area contributed by atoms with Crippen molar-refractivity contribution in [2.24, 2.45) is 0 Å². The Labute approximate surface area is 142 Å². The van der Waals surface area contributed by atoms with Gasteiger partial charge in [-0.2, -0.15) is 0 Å². The number of hydrogen-bond donors (Lipinski definition) is 0. The molecule has 0 saturated carbocycles. The summed E-state index contributed by atoms with van der Waals surface area (Å²) in [4.78, 5) is 0. The lowest BCUT2D eigenvalue weighted by atomic mass is 9.88. The van der Waals surface area contributed by atoms with Crippen molar-refractivity contribution in [3.05, 3.63) is 115 Å². The third-order valence-electron chi connectivity index (χ3n) is 4.41. The number of fused-ring (bicyclic) bond motifs is 2. The van der Waals surface area contributed by atoms with Crippen molar-refractivity contribution in [2.75, 3.05) is 0 Å². The first-order valence-corrected chi connectivity index (χ1v) is 8.17. The van der Waals surface area contributed by atoms with Crippen LogP contribution in [0.5, 0.6) is 0 Å². The fourth-order valence-electron chi connectivity index (χ4n) is 3.36. The van der Waals surface area contributed by atoms with E-state index < -0.39 is 0 Å². The van der Waals surface area contributed by atoms with Crippen LogP contribution in [-0.2, 0) is 0 Å². The Morgan fingerprint density at radius 2 is 1.21 bits per heavy atom. The highest BCUT2D eigenvalue weighted by molar-refractivity contribution is 6.11. The van der Waals surface area contributed by atoms with Crippen LogP contribution in [0.2, 0.25) is 0 Å². The highest BCUT2D eigenvalue weighted by atomic mass is 14.2. The molecule has 0 N–H and O–H groups in total. The van der Waals surface area contributed by atoms with Crippen LogP contribution >= 0.6 is 0 Å². The molecule has 0 heterocycles. The monoisotopic (exact) mass is 306 g/mol. The fraction of sp³-hybridized carbons (Fsp3) is 0. The Balaban J connectivity index is 2.16. The van der Waals surface area contributed by atoms with E-state index in [2.05, 4.69) is 97.6 Å². The molecule has 24 heavy (non-hydrogen) atoms. The van der Waals surface area contributed by atoms with Crippen molar-refractivity contribution in [1.82, 2.24) is 0 Å². The van der Waals surface area contributed by atoms with Crippen molar-refractivity contribution in [3.63, 3.8) is 0 Å². The number of hydrogen-bond acceptors (Lipinski definition) is 0. The van der Waals surface area contributed by atoms with E-state index in [0.717, 1.165) is 0 Å². The maximum atomic E-state index is 3.94. The van der Waals surface area contributed by atoms with Gasteiger partial charge < -0.3 is 0 Å². The summed E-state index contributed by atoms with van der Waals surface area (Å²) in [7, 11) is 0. The van der Waals surface area contributed by atoms with Crippen LogP contribution in [0, 0.1) is 0 Å². The molecule has 0 spiro atoms. The smallest absolute Gasteiger partial charge is 0.00208 e.